The molecule has 1 fully saturated rings. The summed E-state index contributed by atoms with van der Waals surface area (Å²) in [5, 5.41) is 7.09. The second-order valence-corrected chi connectivity index (χ2v) is 8.24. The van der Waals surface area contributed by atoms with Gasteiger partial charge in [0.2, 0.25) is 5.95 Å². The second kappa shape index (κ2) is 9.23. The van der Waals surface area contributed by atoms with Crippen molar-refractivity contribution in [2.24, 2.45) is 7.05 Å². The summed E-state index contributed by atoms with van der Waals surface area (Å²) in [6.07, 6.45) is 0.437. The first-order valence-corrected chi connectivity index (χ1v) is 10.6. The lowest BCUT2D eigenvalue weighted by Gasteiger charge is -2.18. The molecular weight excluding hydrogens is 434 g/mol. The molecule has 1 aromatic carbocycles. The van der Waals surface area contributed by atoms with Crippen molar-refractivity contribution >= 4 is 34.5 Å². The zero-order chi connectivity index (χ0) is 22.8. The minimum absolute atomic E-state index is 0.000996. The number of anilines is 1. The van der Waals surface area contributed by atoms with E-state index in [9.17, 15) is 9.59 Å². The quantitative estimate of drug-likeness (QED) is 0.584. The molecule has 0 radical (unpaired) electrons. The molecule has 0 unspecified atom stereocenters. The number of halogens is 1. The molecule has 1 aliphatic rings. The van der Waals surface area contributed by atoms with E-state index >= 15 is 0 Å². The Balaban J connectivity index is 1.56. The monoisotopic (exact) mass is 457 g/mol. The number of carbonyl (C=O) groups is 1. The highest BCUT2D eigenvalue weighted by Crippen LogP contribution is 2.27. The minimum atomic E-state index is -0.715. The van der Waals surface area contributed by atoms with Crippen LogP contribution in [0.2, 0.25) is 5.02 Å². The van der Waals surface area contributed by atoms with E-state index < -0.39 is 12.2 Å². The van der Waals surface area contributed by atoms with Crippen molar-refractivity contribution < 1.29 is 14.3 Å². The number of aromatic nitrogens is 3. The number of fused-ring (bicyclic) bond motifs is 1. The van der Waals surface area contributed by atoms with Crippen LogP contribution in [0.3, 0.4) is 0 Å². The number of ether oxygens (including phenoxy) is 2. The summed E-state index contributed by atoms with van der Waals surface area (Å²) in [6, 6.07) is 8.93. The number of benzene rings is 1. The molecule has 1 saturated heterocycles. The molecule has 9 nitrogen and oxygen atoms in total. The molecule has 0 saturated carbocycles. The zero-order valence-electron chi connectivity index (χ0n) is 18.0. The van der Waals surface area contributed by atoms with Crippen molar-refractivity contribution in [3.05, 3.63) is 51.9 Å². The van der Waals surface area contributed by atoms with Crippen molar-refractivity contribution in [1.82, 2.24) is 19.9 Å². The van der Waals surface area contributed by atoms with Gasteiger partial charge in [-0.05, 0) is 26.0 Å². The number of carbonyl (C=O) groups excluding carboxylic acids is 1. The van der Waals surface area contributed by atoms with Gasteiger partial charge in [0.1, 0.15) is 18.5 Å². The summed E-state index contributed by atoms with van der Waals surface area (Å²) >= 11 is 6.28. The van der Waals surface area contributed by atoms with Gasteiger partial charge >= 0.3 is 0 Å². The predicted octanol–water partition coefficient (Wildman–Crippen LogP) is 2.33. The van der Waals surface area contributed by atoms with E-state index in [1.54, 1.807) is 31.4 Å². The number of aryl methyl sites for hydroxylation is 1. The normalized spacial score (nSPS) is 18.3. The molecule has 32 heavy (non-hydrogen) atoms. The molecule has 1 aliphatic heterocycles. The lowest BCUT2D eigenvalue weighted by molar-refractivity contribution is -0.130. The molecule has 3 heterocycles. The number of hydrogen-bond acceptors (Lipinski definition) is 7. The third-order valence-corrected chi connectivity index (χ3v) is 5.46. The van der Waals surface area contributed by atoms with Crippen molar-refractivity contribution in [3.8, 4) is 11.1 Å². The van der Waals surface area contributed by atoms with Gasteiger partial charge in [-0.2, -0.15) is 4.98 Å². The van der Waals surface area contributed by atoms with Gasteiger partial charge in [0, 0.05) is 47.4 Å². The molecule has 4 rings (SSSR count). The van der Waals surface area contributed by atoms with Crippen LogP contribution >= 0.6 is 11.6 Å². The highest BCUT2D eigenvalue weighted by Gasteiger charge is 2.35. The minimum Gasteiger partial charge on any atom is -0.352 e. The number of hydrogen-bond donors (Lipinski definition) is 2. The predicted molar refractivity (Wildman–Crippen MR) is 122 cm³/mol. The van der Waals surface area contributed by atoms with Gasteiger partial charge in [-0.3, -0.25) is 14.2 Å². The van der Waals surface area contributed by atoms with Gasteiger partial charge < -0.3 is 20.1 Å². The Morgan fingerprint density at radius 3 is 2.81 bits per heavy atom. The Morgan fingerprint density at radius 1 is 1.28 bits per heavy atom. The maximum atomic E-state index is 13.0. The maximum absolute atomic E-state index is 13.0. The van der Waals surface area contributed by atoms with Gasteiger partial charge in [-0.15, -0.1) is 0 Å². The zero-order valence-corrected chi connectivity index (χ0v) is 18.7. The van der Waals surface area contributed by atoms with E-state index in [0.29, 0.717) is 33.1 Å². The Kier molecular flexibility index (Phi) is 6.40. The van der Waals surface area contributed by atoms with Gasteiger partial charge in [0.25, 0.3) is 11.5 Å². The largest absolute Gasteiger partial charge is 0.352 e. The van der Waals surface area contributed by atoms with Crippen LogP contribution in [-0.2, 0) is 21.3 Å². The number of amides is 1. The van der Waals surface area contributed by atoms with E-state index in [1.165, 1.54) is 4.57 Å². The molecule has 1 amide bonds. The number of pyridine rings is 1. The number of rotatable bonds is 6. The molecule has 3 aromatic rings. The highest BCUT2D eigenvalue weighted by atomic mass is 35.5. The van der Waals surface area contributed by atoms with Crippen molar-refractivity contribution in [2.75, 3.05) is 18.7 Å². The Hall–Kier alpha value is -3.01. The van der Waals surface area contributed by atoms with Gasteiger partial charge in [0.15, 0.2) is 6.10 Å². The smallest absolute Gasteiger partial charge is 0.259 e. The fourth-order valence-corrected chi connectivity index (χ4v) is 3.81. The third-order valence-electron chi connectivity index (χ3n) is 5.13. The average Bonchev–Trinajstić information content (AvgIpc) is 3.24. The maximum Gasteiger partial charge on any atom is 0.259 e. The van der Waals surface area contributed by atoms with Crippen LogP contribution in [0.1, 0.15) is 13.8 Å². The molecule has 2 N–H and O–H groups in total. The summed E-state index contributed by atoms with van der Waals surface area (Å²) in [7, 11) is 1.65. The fraction of sp³-hybridized carbons (Fsp3) is 0.364. The van der Waals surface area contributed by atoms with Gasteiger partial charge in [-0.25, -0.2) is 4.98 Å². The van der Waals surface area contributed by atoms with Crippen LogP contribution in [0.25, 0.3) is 22.2 Å². The van der Waals surface area contributed by atoms with Gasteiger partial charge in [-0.1, -0.05) is 29.8 Å². The molecule has 2 atom stereocenters. The van der Waals surface area contributed by atoms with Gasteiger partial charge in [0.05, 0.1) is 0 Å². The SMILES string of the molecule is CC(C)NC(=O)[C@@H]1OCO[C@H]1CNc1ncc2cc(-c3ccccc3Cl)c(=O)n(C)c2n1. The topological polar surface area (TPSA) is 107 Å². The van der Waals surface area contributed by atoms with Crippen LogP contribution in [-0.4, -0.2) is 52.0 Å². The summed E-state index contributed by atoms with van der Waals surface area (Å²) in [5.41, 5.74) is 1.39. The second-order valence-electron chi connectivity index (χ2n) is 7.83. The van der Waals surface area contributed by atoms with E-state index in [1.807, 2.05) is 26.0 Å². The van der Waals surface area contributed by atoms with Crippen LogP contribution in [0.15, 0.2) is 41.3 Å². The fourth-order valence-electron chi connectivity index (χ4n) is 3.57. The molecule has 0 aliphatic carbocycles. The van der Waals surface area contributed by atoms with Crippen molar-refractivity contribution in [1.29, 1.82) is 0 Å². The van der Waals surface area contributed by atoms with Crippen LogP contribution in [0, 0.1) is 0 Å². The van der Waals surface area contributed by atoms with E-state index in [0.717, 1.165) is 0 Å². The summed E-state index contributed by atoms with van der Waals surface area (Å²) in [6.45, 7) is 4.07. The molecular formula is C22H24ClN5O4. The molecule has 0 spiro atoms. The molecule has 10 heteroatoms. The Morgan fingerprint density at radius 2 is 2.06 bits per heavy atom. The number of nitrogens with one attached hydrogen (secondary N) is 2. The van der Waals surface area contributed by atoms with E-state index in [2.05, 4.69) is 20.6 Å². The highest BCUT2D eigenvalue weighted by molar-refractivity contribution is 6.33. The van der Waals surface area contributed by atoms with E-state index in [-0.39, 0.29) is 30.8 Å². The first kappa shape index (κ1) is 22.2. The Labute approximate surface area is 189 Å². The first-order chi connectivity index (χ1) is 15.3. The summed E-state index contributed by atoms with van der Waals surface area (Å²) < 4.78 is 12.4. The van der Waals surface area contributed by atoms with Crippen molar-refractivity contribution in [3.63, 3.8) is 0 Å². The lowest BCUT2D eigenvalue weighted by Crippen LogP contribution is -2.45. The third kappa shape index (κ3) is 4.45. The van der Waals surface area contributed by atoms with Crippen molar-refractivity contribution in [2.45, 2.75) is 32.1 Å². The summed E-state index contributed by atoms with van der Waals surface area (Å²) in [4.78, 5) is 34.1. The standard InChI is InChI=1S/C22H24ClN5O4/c1-12(2)26-20(29)18-17(31-11-32-18)10-25-22-24-9-13-8-15(14-6-4-5-7-16(14)23)21(30)28(3)19(13)27-22/h4-9,12,17-18H,10-11H2,1-3H3,(H,26,29)(H,24,25,27)/t17-,18+/m0/s1. The lowest BCUT2D eigenvalue weighted by atomic mass is 10.1. The van der Waals surface area contributed by atoms with E-state index in [4.69, 9.17) is 21.1 Å². The average molecular weight is 458 g/mol. The molecule has 168 valence electrons. The number of nitrogens with zero attached hydrogens (tertiary/aromatic N) is 3. The Bertz CT molecular complexity index is 1210. The molecule has 0 bridgehead atoms. The van der Waals surface area contributed by atoms with Crippen LogP contribution < -0.4 is 16.2 Å². The summed E-state index contributed by atoms with van der Waals surface area (Å²) in [5.74, 6) is 0.0924. The van der Waals surface area contributed by atoms with Crippen LogP contribution in [0.4, 0.5) is 5.95 Å². The first-order valence-electron chi connectivity index (χ1n) is 10.2. The van der Waals surface area contributed by atoms with Crippen LogP contribution in [0.5, 0.6) is 0 Å². The molecule has 2 aromatic heterocycles.